The molecule has 0 aromatic heterocycles. The van der Waals surface area contributed by atoms with Crippen LogP contribution in [0, 0.1) is 0 Å². The van der Waals surface area contributed by atoms with Gasteiger partial charge in [-0.3, -0.25) is 9.59 Å². The fourth-order valence-electron chi connectivity index (χ4n) is 7.87. The minimum Gasteiger partial charge on any atom is -0.545 e. The highest BCUT2D eigenvalue weighted by Crippen LogP contribution is 2.16. The fraction of sp³-hybridized carbons (Fsp3) is 0.703. The fourth-order valence-corrected chi connectivity index (χ4v) is 7.87. The predicted molar refractivity (Wildman–Crippen MR) is 306 cm³/mol. The molecule has 0 heterocycles. The first-order valence-electron chi connectivity index (χ1n) is 29.4. The number of nitrogens with zero attached hydrogens (tertiary/aromatic N) is 1. The molecule has 9 nitrogen and oxygen atoms in total. The van der Waals surface area contributed by atoms with Crippen LogP contribution in [0.5, 0.6) is 0 Å². The van der Waals surface area contributed by atoms with E-state index in [9.17, 15) is 19.5 Å². The van der Waals surface area contributed by atoms with Gasteiger partial charge >= 0.3 is 11.9 Å². The number of hydrogen-bond donors (Lipinski definition) is 0. The second-order valence-corrected chi connectivity index (χ2v) is 20.5. The van der Waals surface area contributed by atoms with Gasteiger partial charge in [-0.15, -0.1) is 0 Å². The Hall–Kier alpha value is -3.79. The van der Waals surface area contributed by atoms with Gasteiger partial charge in [0.15, 0.2) is 12.4 Å². The number of carboxylic acid groups (broad SMARTS) is 1. The second kappa shape index (κ2) is 54.5. The molecule has 0 aliphatic rings. The SMILES string of the molecule is CC/C=C\C/C=C\C/C=C\C/C=C\CCCCCCCCCCCCCCCCCCCCCCC(=O)OC(COC(=O)CCCC/C=C\C/C=C\C/C=C\C/C=C\CC)COC(OCC[N+](C)(C)C)C(=O)[O-]. The monoisotopic (exact) mass is 1020 g/mol. The van der Waals surface area contributed by atoms with Gasteiger partial charge in [0.25, 0.3) is 0 Å². The molecule has 0 fully saturated rings. The van der Waals surface area contributed by atoms with Crippen LogP contribution < -0.4 is 5.11 Å². The minimum absolute atomic E-state index is 0.138. The van der Waals surface area contributed by atoms with Crippen LogP contribution in [-0.2, 0) is 33.3 Å². The van der Waals surface area contributed by atoms with Crippen molar-refractivity contribution in [3.05, 3.63) is 97.2 Å². The zero-order valence-electron chi connectivity index (χ0n) is 47.5. The van der Waals surface area contributed by atoms with Gasteiger partial charge < -0.3 is 33.3 Å². The van der Waals surface area contributed by atoms with Gasteiger partial charge in [0.2, 0.25) is 0 Å². The molecule has 0 radical (unpaired) electrons. The molecule has 0 aliphatic carbocycles. The van der Waals surface area contributed by atoms with Crippen molar-refractivity contribution in [2.75, 3.05) is 47.5 Å². The Kier molecular flexibility index (Phi) is 51.6. The molecule has 0 saturated heterocycles. The third kappa shape index (κ3) is 55.8. The van der Waals surface area contributed by atoms with Crippen molar-refractivity contribution >= 4 is 17.9 Å². The van der Waals surface area contributed by atoms with E-state index in [0.29, 0.717) is 23.9 Å². The van der Waals surface area contributed by atoms with Crippen LogP contribution in [-0.4, -0.2) is 82.3 Å². The Bertz CT molecular complexity index is 1520. The maximum absolute atomic E-state index is 12.9. The molecular formula is C64H109NO8. The molecule has 418 valence electrons. The number of rotatable bonds is 53. The molecule has 0 spiro atoms. The minimum atomic E-state index is -1.63. The number of carbonyl (C=O) groups excluding carboxylic acids is 3. The molecule has 2 unspecified atom stereocenters. The Morgan fingerprint density at radius 3 is 1.12 bits per heavy atom. The molecular weight excluding hydrogens is 911 g/mol. The molecule has 9 heteroatoms. The summed E-state index contributed by atoms with van der Waals surface area (Å²) in [5.41, 5.74) is 0. The highest BCUT2D eigenvalue weighted by atomic mass is 16.7. The van der Waals surface area contributed by atoms with Crippen LogP contribution in [0.1, 0.15) is 232 Å². The number of quaternary nitrogens is 1. The maximum atomic E-state index is 12.9. The number of hydrogen-bond acceptors (Lipinski definition) is 8. The van der Waals surface area contributed by atoms with E-state index < -0.39 is 30.3 Å². The zero-order valence-corrected chi connectivity index (χ0v) is 47.5. The van der Waals surface area contributed by atoms with Gasteiger partial charge in [-0.2, -0.15) is 0 Å². The number of unbranched alkanes of at least 4 members (excludes halogenated alkanes) is 22. The van der Waals surface area contributed by atoms with E-state index in [2.05, 4.69) is 111 Å². The lowest BCUT2D eigenvalue weighted by atomic mass is 10.0. The Balaban J connectivity index is 4.13. The largest absolute Gasteiger partial charge is 0.545 e. The second-order valence-electron chi connectivity index (χ2n) is 20.5. The average molecular weight is 1020 g/mol. The quantitative estimate of drug-likeness (QED) is 0.0195. The molecule has 0 saturated carbocycles. The lowest BCUT2D eigenvalue weighted by Gasteiger charge is -2.26. The maximum Gasteiger partial charge on any atom is 0.306 e. The molecule has 2 atom stereocenters. The van der Waals surface area contributed by atoms with E-state index in [0.717, 1.165) is 83.5 Å². The Morgan fingerprint density at radius 2 is 0.740 bits per heavy atom. The third-order valence-corrected chi connectivity index (χ3v) is 12.3. The zero-order chi connectivity index (χ0) is 53.4. The third-order valence-electron chi connectivity index (χ3n) is 12.3. The van der Waals surface area contributed by atoms with Gasteiger partial charge in [0, 0.05) is 12.8 Å². The van der Waals surface area contributed by atoms with Crippen molar-refractivity contribution < 1.29 is 42.9 Å². The predicted octanol–water partition coefficient (Wildman–Crippen LogP) is 16.0. The van der Waals surface area contributed by atoms with Crippen LogP contribution in [0.4, 0.5) is 0 Å². The first kappa shape index (κ1) is 69.2. The summed E-state index contributed by atoms with van der Waals surface area (Å²) in [5, 5.41) is 11.8. The van der Waals surface area contributed by atoms with Crippen LogP contribution in [0.2, 0.25) is 0 Å². The number of esters is 2. The van der Waals surface area contributed by atoms with Gasteiger partial charge in [0.1, 0.15) is 13.2 Å². The van der Waals surface area contributed by atoms with E-state index in [1.54, 1.807) is 0 Å². The van der Waals surface area contributed by atoms with Crippen LogP contribution in [0.25, 0.3) is 0 Å². The Labute approximate surface area is 448 Å². The van der Waals surface area contributed by atoms with Crippen LogP contribution >= 0.6 is 0 Å². The van der Waals surface area contributed by atoms with Crippen molar-refractivity contribution in [3.8, 4) is 0 Å². The van der Waals surface area contributed by atoms with Gasteiger partial charge in [-0.05, 0) is 89.9 Å². The molecule has 0 aliphatic heterocycles. The number of likely N-dealkylation sites (N-methyl/N-ethyl adjacent to an activating group) is 1. The standard InChI is InChI=1S/C64H109NO8/c1-6-8-10-12-14-16-18-20-22-23-24-25-26-27-28-29-30-31-32-33-34-35-36-37-38-39-41-43-45-47-49-51-53-55-62(67)73-60(59-72-64(63(68)69)70-57-56-65(3,4)5)58-71-61(66)54-52-50-48-46-44-42-40-21-19-17-15-13-11-9-7-2/h8-11,14-17,20-22,24-25,40,44,46,60,64H,6-7,12-13,18-19,23,26-39,41-43,45,47-59H2,1-5H3/b10-8-,11-9-,16-14-,17-15-,22-20-,25-24-,40-21-,46-44-. The van der Waals surface area contributed by atoms with Crippen LogP contribution in [0.15, 0.2) is 97.2 Å². The summed E-state index contributed by atoms with van der Waals surface area (Å²) < 4.78 is 22.6. The highest BCUT2D eigenvalue weighted by molar-refractivity contribution is 5.70. The summed E-state index contributed by atoms with van der Waals surface area (Å²) in [4.78, 5) is 37.2. The summed E-state index contributed by atoms with van der Waals surface area (Å²) in [6.07, 6.45) is 70.5. The van der Waals surface area contributed by atoms with Gasteiger partial charge in [0.05, 0.1) is 40.3 Å². The summed E-state index contributed by atoms with van der Waals surface area (Å²) in [6, 6.07) is 0. The number of ether oxygens (including phenoxy) is 4. The van der Waals surface area contributed by atoms with E-state index in [-0.39, 0.29) is 32.7 Å². The summed E-state index contributed by atoms with van der Waals surface area (Å²) in [6.45, 7) is 4.47. The number of allylic oxidation sites excluding steroid dienone is 16. The van der Waals surface area contributed by atoms with Crippen molar-refractivity contribution in [3.63, 3.8) is 0 Å². The summed E-state index contributed by atoms with van der Waals surface area (Å²) in [5.74, 6) is -2.34. The normalized spacial score (nSPS) is 13.5. The van der Waals surface area contributed by atoms with Crippen molar-refractivity contribution in [2.24, 2.45) is 0 Å². The first-order valence-corrected chi connectivity index (χ1v) is 29.4. The highest BCUT2D eigenvalue weighted by Gasteiger charge is 2.22. The average Bonchev–Trinajstić information content (AvgIpc) is 3.36. The summed E-state index contributed by atoms with van der Waals surface area (Å²) >= 11 is 0. The molecule has 73 heavy (non-hydrogen) atoms. The van der Waals surface area contributed by atoms with E-state index >= 15 is 0 Å². The molecule has 0 aromatic carbocycles. The number of carboxylic acids is 1. The molecule has 0 N–H and O–H groups in total. The number of aliphatic carboxylic acids is 1. The number of carbonyl (C=O) groups is 3. The smallest absolute Gasteiger partial charge is 0.306 e. The molecule has 0 bridgehead atoms. The lowest BCUT2D eigenvalue weighted by Crippen LogP contribution is -2.44. The van der Waals surface area contributed by atoms with E-state index in [4.69, 9.17) is 18.9 Å². The van der Waals surface area contributed by atoms with Crippen molar-refractivity contribution in [1.29, 1.82) is 0 Å². The van der Waals surface area contributed by atoms with Crippen molar-refractivity contribution in [1.82, 2.24) is 0 Å². The topological polar surface area (TPSA) is 111 Å². The summed E-state index contributed by atoms with van der Waals surface area (Å²) in [7, 11) is 5.90. The molecule has 0 amide bonds. The Morgan fingerprint density at radius 1 is 0.411 bits per heavy atom. The van der Waals surface area contributed by atoms with Crippen LogP contribution in [0.3, 0.4) is 0 Å². The van der Waals surface area contributed by atoms with Crippen molar-refractivity contribution in [2.45, 2.75) is 245 Å². The van der Waals surface area contributed by atoms with E-state index in [1.165, 1.54) is 109 Å². The first-order chi connectivity index (χ1) is 35.6. The van der Waals surface area contributed by atoms with Gasteiger partial charge in [-0.25, -0.2) is 0 Å². The molecule has 0 aromatic rings. The van der Waals surface area contributed by atoms with Gasteiger partial charge in [-0.1, -0.05) is 227 Å². The molecule has 0 rings (SSSR count). The lowest BCUT2D eigenvalue weighted by molar-refractivity contribution is -0.870. The van der Waals surface area contributed by atoms with E-state index in [1.807, 2.05) is 21.1 Å².